The van der Waals surface area contributed by atoms with E-state index < -0.39 is 0 Å². The molecule has 1 aliphatic heterocycles. The van der Waals surface area contributed by atoms with Crippen molar-refractivity contribution in [2.24, 2.45) is 0 Å². The first kappa shape index (κ1) is 14.0. The molecule has 3 N–H and O–H groups in total. The van der Waals surface area contributed by atoms with Gasteiger partial charge in [0.25, 0.3) is 0 Å². The van der Waals surface area contributed by atoms with Gasteiger partial charge in [0.2, 0.25) is 0 Å². The summed E-state index contributed by atoms with van der Waals surface area (Å²) in [6.07, 6.45) is 2.59. The van der Waals surface area contributed by atoms with Crippen molar-refractivity contribution in [3.8, 4) is 5.75 Å². The van der Waals surface area contributed by atoms with Gasteiger partial charge in [-0.05, 0) is 29.8 Å². The quantitative estimate of drug-likeness (QED) is 0.854. The van der Waals surface area contributed by atoms with Crippen molar-refractivity contribution >= 4 is 5.69 Å². The van der Waals surface area contributed by atoms with Crippen LogP contribution in [0.3, 0.4) is 0 Å². The van der Waals surface area contributed by atoms with E-state index in [1.807, 2.05) is 18.2 Å². The monoisotopic (exact) mass is 283 g/mol. The molecule has 3 nitrogen and oxygen atoms in total. The molecule has 0 aliphatic carbocycles. The Morgan fingerprint density at radius 3 is 2.57 bits per heavy atom. The molecule has 0 bridgehead atoms. The van der Waals surface area contributed by atoms with E-state index in [0.29, 0.717) is 6.04 Å². The minimum atomic E-state index is 0.640. The molecule has 3 rings (SSSR count). The molecule has 1 saturated heterocycles. The van der Waals surface area contributed by atoms with Crippen molar-refractivity contribution in [3.63, 3.8) is 0 Å². The van der Waals surface area contributed by atoms with Gasteiger partial charge in [0.15, 0.2) is 0 Å². The van der Waals surface area contributed by atoms with Crippen LogP contribution in [0.1, 0.15) is 18.4 Å². The summed E-state index contributed by atoms with van der Waals surface area (Å²) in [6.45, 7) is 2.91. The van der Waals surface area contributed by atoms with Gasteiger partial charge in [-0.3, -0.25) is 0 Å². The lowest BCUT2D eigenvalue weighted by Crippen LogP contribution is -2.87. The first-order valence-corrected chi connectivity index (χ1v) is 7.74. The Labute approximate surface area is 126 Å². The van der Waals surface area contributed by atoms with Crippen LogP contribution in [0.15, 0.2) is 54.6 Å². The van der Waals surface area contributed by atoms with E-state index in [4.69, 9.17) is 4.74 Å². The molecule has 1 fully saturated rings. The highest BCUT2D eigenvalue weighted by atomic mass is 16.5. The molecular weight excluding hydrogens is 260 g/mol. The maximum atomic E-state index is 5.85. The van der Waals surface area contributed by atoms with E-state index in [1.54, 1.807) is 0 Å². The molecule has 1 aliphatic rings. The lowest BCUT2D eigenvalue weighted by molar-refractivity contribution is -0.670. The molecule has 2 aromatic rings. The molecule has 0 radical (unpaired) electrons. The van der Waals surface area contributed by atoms with Crippen LogP contribution in [0.5, 0.6) is 5.75 Å². The van der Waals surface area contributed by atoms with Gasteiger partial charge in [-0.15, -0.1) is 0 Å². The van der Waals surface area contributed by atoms with E-state index in [2.05, 4.69) is 47.0 Å². The summed E-state index contributed by atoms with van der Waals surface area (Å²) < 4.78 is 5.85. The summed E-state index contributed by atoms with van der Waals surface area (Å²) in [5, 5.41) is 5.81. The first-order valence-electron chi connectivity index (χ1n) is 7.74. The Hall–Kier alpha value is -2.00. The zero-order valence-electron chi connectivity index (χ0n) is 12.3. The Morgan fingerprint density at radius 2 is 1.86 bits per heavy atom. The van der Waals surface area contributed by atoms with Gasteiger partial charge in [-0.2, -0.15) is 0 Å². The van der Waals surface area contributed by atoms with E-state index in [9.17, 15) is 0 Å². The van der Waals surface area contributed by atoms with Gasteiger partial charge in [0.1, 0.15) is 18.4 Å². The minimum Gasteiger partial charge on any atom is -0.487 e. The molecule has 0 amide bonds. The molecule has 0 unspecified atom stereocenters. The number of hydrogen-bond acceptors (Lipinski definition) is 2. The fraction of sp³-hybridized carbons (Fsp3) is 0.333. The standard InChI is InChI=1S/C18H22N2O/c1-2-5-15(6-3-1)13-20-16-8-10-18(11-9-16)21-14-17-7-4-12-19-17/h1-3,5-6,8-11,17,19-20H,4,7,12-14H2/p+1/t17-/m1/s1. The fourth-order valence-corrected chi connectivity index (χ4v) is 2.68. The third kappa shape index (κ3) is 4.23. The largest absolute Gasteiger partial charge is 0.487 e. The Balaban J connectivity index is 1.47. The van der Waals surface area contributed by atoms with Gasteiger partial charge < -0.3 is 15.4 Å². The van der Waals surface area contributed by atoms with Crippen molar-refractivity contribution < 1.29 is 10.1 Å². The van der Waals surface area contributed by atoms with Crippen LogP contribution in [0.25, 0.3) is 0 Å². The minimum absolute atomic E-state index is 0.640. The molecule has 21 heavy (non-hydrogen) atoms. The van der Waals surface area contributed by atoms with Crippen molar-refractivity contribution in [1.29, 1.82) is 0 Å². The molecule has 2 aromatic carbocycles. The second-order valence-corrected chi connectivity index (χ2v) is 5.60. The number of benzene rings is 2. The van der Waals surface area contributed by atoms with Gasteiger partial charge in [-0.1, -0.05) is 30.3 Å². The maximum absolute atomic E-state index is 5.85. The van der Waals surface area contributed by atoms with Crippen molar-refractivity contribution in [1.82, 2.24) is 0 Å². The topological polar surface area (TPSA) is 37.9 Å². The Bertz CT molecular complexity index is 533. The molecule has 1 heterocycles. The van der Waals surface area contributed by atoms with E-state index >= 15 is 0 Å². The highest BCUT2D eigenvalue weighted by Gasteiger charge is 2.18. The average molecular weight is 283 g/mol. The third-order valence-corrected chi connectivity index (χ3v) is 3.94. The Kier molecular flexibility index (Phi) is 4.74. The summed E-state index contributed by atoms with van der Waals surface area (Å²) in [5.41, 5.74) is 2.41. The van der Waals surface area contributed by atoms with Crippen LogP contribution < -0.4 is 15.4 Å². The Morgan fingerprint density at radius 1 is 1.05 bits per heavy atom. The first-order chi connectivity index (χ1) is 10.4. The number of hydrogen-bond donors (Lipinski definition) is 2. The summed E-state index contributed by atoms with van der Waals surface area (Å²) in [4.78, 5) is 0. The second kappa shape index (κ2) is 7.14. The predicted molar refractivity (Wildman–Crippen MR) is 85.5 cm³/mol. The number of nitrogens with two attached hydrogens (primary N) is 1. The predicted octanol–water partition coefficient (Wildman–Crippen LogP) is 2.40. The zero-order valence-corrected chi connectivity index (χ0v) is 12.3. The number of anilines is 1. The zero-order chi connectivity index (χ0) is 14.3. The van der Waals surface area contributed by atoms with Gasteiger partial charge in [0, 0.05) is 25.1 Å². The number of ether oxygens (including phenoxy) is 1. The number of rotatable bonds is 6. The maximum Gasteiger partial charge on any atom is 0.140 e. The third-order valence-electron chi connectivity index (χ3n) is 3.94. The van der Waals surface area contributed by atoms with Crippen molar-refractivity contribution in [2.45, 2.75) is 25.4 Å². The fourth-order valence-electron chi connectivity index (χ4n) is 2.68. The summed E-state index contributed by atoms with van der Waals surface area (Å²) >= 11 is 0. The SMILES string of the molecule is c1ccc(CNc2ccc(OC[C@H]3CCC[NH2+]3)cc2)cc1. The van der Waals surface area contributed by atoms with Crippen LogP contribution in [0.4, 0.5) is 5.69 Å². The average Bonchev–Trinajstić information content (AvgIpc) is 3.06. The van der Waals surface area contributed by atoms with Crippen molar-refractivity contribution in [2.75, 3.05) is 18.5 Å². The normalized spacial score (nSPS) is 17.6. The molecule has 0 aromatic heterocycles. The molecule has 0 spiro atoms. The van der Waals surface area contributed by atoms with E-state index in [-0.39, 0.29) is 0 Å². The van der Waals surface area contributed by atoms with Crippen molar-refractivity contribution in [3.05, 3.63) is 60.2 Å². The highest BCUT2D eigenvalue weighted by molar-refractivity contribution is 5.46. The van der Waals surface area contributed by atoms with E-state index in [1.165, 1.54) is 24.9 Å². The second-order valence-electron chi connectivity index (χ2n) is 5.60. The van der Waals surface area contributed by atoms with Gasteiger partial charge in [-0.25, -0.2) is 0 Å². The molecule has 3 heteroatoms. The molecule has 110 valence electrons. The van der Waals surface area contributed by atoms with Gasteiger partial charge >= 0.3 is 0 Å². The lowest BCUT2D eigenvalue weighted by atomic mass is 10.2. The van der Waals surface area contributed by atoms with Crippen LogP contribution >= 0.6 is 0 Å². The van der Waals surface area contributed by atoms with E-state index in [0.717, 1.165) is 24.6 Å². The van der Waals surface area contributed by atoms with Crippen LogP contribution in [-0.4, -0.2) is 19.2 Å². The number of quaternary nitrogens is 1. The van der Waals surface area contributed by atoms with Crippen LogP contribution in [0, 0.1) is 0 Å². The molecule has 1 atom stereocenters. The lowest BCUT2D eigenvalue weighted by Gasteiger charge is -2.11. The summed E-state index contributed by atoms with van der Waals surface area (Å²) in [5.74, 6) is 0.959. The summed E-state index contributed by atoms with van der Waals surface area (Å²) in [7, 11) is 0. The van der Waals surface area contributed by atoms with Gasteiger partial charge in [0.05, 0.1) is 6.54 Å². The summed E-state index contributed by atoms with van der Waals surface area (Å²) in [6, 6.07) is 19.3. The highest BCUT2D eigenvalue weighted by Crippen LogP contribution is 2.17. The smallest absolute Gasteiger partial charge is 0.140 e. The number of nitrogens with one attached hydrogen (secondary N) is 1. The van der Waals surface area contributed by atoms with Crippen LogP contribution in [-0.2, 0) is 6.54 Å². The molecule has 0 saturated carbocycles. The molecular formula is C18H23N2O+. The van der Waals surface area contributed by atoms with Crippen LogP contribution in [0.2, 0.25) is 0 Å².